The Labute approximate surface area is 168 Å². The lowest BCUT2D eigenvalue weighted by Crippen LogP contribution is -2.24. The van der Waals surface area contributed by atoms with Gasteiger partial charge < -0.3 is 14.8 Å². The summed E-state index contributed by atoms with van der Waals surface area (Å²) < 4.78 is 7.46. The monoisotopic (exact) mass is 406 g/mol. The molecule has 0 unspecified atom stereocenters. The number of nitrogens with one attached hydrogen (secondary N) is 2. The quantitative estimate of drug-likeness (QED) is 0.422. The lowest BCUT2D eigenvalue weighted by Gasteiger charge is -2.12. The van der Waals surface area contributed by atoms with Gasteiger partial charge in [-0.3, -0.25) is 9.97 Å². The summed E-state index contributed by atoms with van der Waals surface area (Å²) in [7, 11) is 0. The highest BCUT2D eigenvalue weighted by molar-refractivity contribution is 5.56. The van der Waals surface area contributed by atoms with Gasteiger partial charge in [-0.15, -0.1) is 0 Å². The van der Waals surface area contributed by atoms with E-state index in [1.807, 2.05) is 25.1 Å². The van der Waals surface area contributed by atoms with Gasteiger partial charge in [0.25, 0.3) is 5.62 Å². The number of H-pyrrole nitrogens is 2. The second kappa shape index (κ2) is 7.10. The van der Waals surface area contributed by atoms with Gasteiger partial charge in [0.2, 0.25) is 5.88 Å². The average molecular weight is 406 g/mol. The number of pyridine rings is 1. The van der Waals surface area contributed by atoms with Crippen LogP contribution in [0.3, 0.4) is 0 Å². The summed E-state index contributed by atoms with van der Waals surface area (Å²) in [5, 5.41) is 14.7. The van der Waals surface area contributed by atoms with E-state index in [2.05, 4.69) is 35.0 Å². The Bertz CT molecular complexity index is 1380. The molecule has 11 heteroatoms. The van der Waals surface area contributed by atoms with Gasteiger partial charge in [-0.05, 0) is 38.0 Å². The minimum absolute atomic E-state index is 0.141. The SMILES string of the molecule is C[C@@H](Oc1nc(=NC2CC2)n2nc/c(=C\c3[nH]c(=O)[nH]c3O)c2n1)c1ccccn1. The Balaban J connectivity index is 1.63. The average Bonchev–Trinajstić information content (AvgIpc) is 3.37. The van der Waals surface area contributed by atoms with Crippen LogP contribution in [0.4, 0.5) is 0 Å². The molecule has 0 amide bonds. The van der Waals surface area contributed by atoms with E-state index < -0.39 is 5.69 Å². The van der Waals surface area contributed by atoms with E-state index in [0.717, 1.165) is 18.5 Å². The van der Waals surface area contributed by atoms with Crippen molar-refractivity contribution in [3.8, 4) is 11.9 Å². The molecule has 11 nitrogen and oxygen atoms in total. The van der Waals surface area contributed by atoms with Crippen LogP contribution in [0.25, 0.3) is 11.7 Å². The Morgan fingerprint density at radius 2 is 2.20 bits per heavy atom. The van der Waals surface area contributed by atoms with Crippen LogP contribution in [-0.4, -0.2) is 45.7 Å². The van der Waals surface area contributed by atoms with E-state index in [1.165, 1.54) is 4.52 Å². The van der Waals surface area contributed by atoms with E-state index in [4.69, 9.17) is 4.74 Å². The van der Waals surface area contributed by atoms with Gasteiger partial charge in [-0.25, -0.2) is 9.79 Å². The molecule has 1 aliphatic carbocycles. The van der Waals surface area contributed by atoms with Crippen LogP contribution in [0, 0.1) is 0 Å². The summed E-state index contributed by atoms with van der Waals surface area (Å²) in [5.74, 6) is -0.267. The third-order valence-electron chi connectivity index (χ3n) is 4.62. The van der Waals surface area contributed by atoms with Crippen molar-refractivity contribution in [1.29, 1.82) is 0 Å². The summed E-state index contributed by atoms with van der Waals surface area (Å²) in [6.45, 7) is 1.86. The fraction of sp³-hybridized carbons (Fsp3) is 0.263. The molecule has 152 valence electrons. The van der Waals surface area contributed by atoms with E-state index >= 15 is 0 Å². The van der Waals surface area contributed by atoms with Crippen molar-refractivity contribution < 1.29 is 9.84 Å². The van der Waals surface area contributed by atoms with Crippen LogP contribution in [0.2, 0.25) is 0 Å². The van der Waals surface area contributed by atoms with Gasteiger partial charge in [0.15, 0.2) is 5.65 Å². The van der Waals surface area contributed by atoms with Crippen LogP contribution in [0.1, 0.15) is 37.3 Å². The van der Waals surface area contributed by atoms with Gasteiger partial charge in [0.05, 0.1) is 17.9 Å². The first-order valence-corrected chi connectivity index (χ1v) is 9.47. The number of aromatic amines is 2. The van der Waals surface area contributed by atoms with Crippen molar-refractivity contribution in [3.05, 3.63) is 63.3 Å². The van der Waals surface area contributed by atoms with Crippen LogP contribution >= 0.6 is 0 Å². The summed E-state index contributed by atoms with van der Waals surface area (Å²) in [6, 6.07) is 5.93. The summed E-state index contributed by atoms with van der Waals surface area (Å²) >= 11 is 0. The fourth-order valence-electron chi connectivity index (χ4n) is 2.95. The van der Waals surface area contributed by atoms with Gasteiger partial charge in [-0.1, -0.05) is 6.07 Å². The fourth-order valence-corrected chi connectivity index (χ4v) is 2.95. The highest BCUT2D eigenvalue weighted by atomic mass is 16.5. The smallest absolute Gasteiger partial charge is 0.326 e. The van der Waals surface area contributed by atoms with E-state index in [-0.39, 0.29) is 29.7 Å². The molecule has 1 aliphatic rings. The number of fused-ring (bicyclic) bond motifs is 1. The second-order valence-corrected chi connectivity index (χ2v) is 7.00. The molecule has 30 heavy (non-hydrogen) atoms. The number of nitrogens with zero attached hydrogens (tertiary/aromatic N) is 6. The molecule has 5 rings (SSSR count). The second-order valence-electron chi connectivity index (χ2n) is 7.00. The zero-order chi connectivity index (χ0) is 20.7. The summed E-state index contributed by atoms with van der Waals surface area (Å²) in [4.78, 5) is 34.0. The number of hydrogen-bond donors (Lipinski definition) is 3. The predicted octanol–water partition coefficient (Wildman–Crippen LogP) is -0.00790. The van der Waals surface area contributed by atoms with Crippen LogP contribution in [0.15, 0.2) is 40.4 Å². The Kier molecular flexibility index (Phi) is 4.27. The predicted molar refractivity (Wildman–Crippen MR) is 105 cm³/mol. The molecule has 4 heterocycles. The van der Waals surface area contributed by atoms with Crippen LogP contribution in [0.5, 0.6) is 11.9 Å². The van der Waals surface area contributed by atoms with E-state index in [9.17, 15) is 9.90 Å². The third kappa shape index (κ3) is 3.52. The van der Waals surface area contributed by atoms with Gasteiger partial charge in [0.1, 0.15) is 11.8 Å². The van der Waals surface area contributed by atoms with E-state index in [1.54, 1.807) is 18.5 Å². The molecule has 0 bridgehead atoms. The minimum atomic E-state index is -0.512. The third-order valence-corrected chi connectivity index (χ3v) is 4.62. The van der Waals surface area contributed by atoms with E-state index in [0.29, 0.717) is 16.5 Å². The number of hydrogen-bond acceptors (Lipinski definition) is 8. The zero-order valence-corrected chi connectivity index (χ0v) is 16.0. The molecular weight excluding hydrogens is 388 g/mol. The summed E-state index contributed by atoms with van der Waals surface area (Å²) in [5.41, 5.74) is 1.28. The normalized spacial score (nSPS) is 16.3. The van der Waals surface area contributed by atoms with Crippen molar-refractivity contribution in [2.75, 3.05) is 0 Å². The number of ether oxygens (including phenoxy) is 1. The maximum absolute atomic E-state index is 11.4. The van der Waals surface area contributed by atoms with Crippen molar-refractivity contribution in [2.45, 2.75) is 31.9 Å². The molecule has 1 saturated carbocycles. The van der Waals surface area contributed by atoms with Gasteiger partial charge in [0, 0.05) is 11.4 Å². The molecule has 0 aromatic carbocycles. The largest absolute Gasteiger partial charge is 0.493 e. The van der Waals surface area contributed by atoms with Crippen molar-refractivity contribution in [3.63, 3.8) is 0 Å². The maximum Gasteiger partial charge on any atom is 0.326 e. The Hall–Kier alpha value is -4.02. The highest BCUT2D eigenvalue weighted by Gasteiger charge is 2.21. The molecule has 1 atom stereocenters. The zero-order valence-electron chi connectivity index (χ0n) is 16.0. The molecule has 4 aromatic rings. The first-order chi connectivity index (χ1) is 14.6. The lowest BCUT2D eigenvalue weighted by molar-refractivity contribution is 0.201. The molecule has 4 aromatic heterocycles. The minimum Gasteiger partial charge on any atom is -0.493 e. The number of aromatic hydroxyl groups is 1. The van der Waals surface area contributed by atoms with Crippen LogP contribution < -0.4 is 21.3 Å². The number of aromatic nitrogens is 7. The Morgan fingerprint density at radius 1 is 1.33 bits per heavy atom. The lowest BCUT2D eigenvalue weighted by atomic mass is 10.2. The van der Waals surface area contributed by atoms with Crippen molar-refractivity contribution >= 4 is 11.7 Å². The standard InChI is InChI=1S/C19H18N8O3/c1-10(13-4-2-3-7-20-13)30-19-24-15-11(8-14-16(28)25-18(29)23-14)9-21-27(15)17(26-19)22-12-5-6-12/h2-4,7-10,12,28H,5-6H2,1H3,(H2,23,25,29)/b11-8+,22-17?/t10-/m1/s1. The molecular formula is C19H18N8O3. The topological polar surface area (TPSA) is 146 Å². The summed E-state index contributed by atoms with van der Waals surface area (Å²) in [6.07, 6.45) is 6.46. The molecule has 0 spiro atoms. The molecule has 0 saturated heterocycles. The van der Waals surface area contributed by atoms with Gasteiger partial charge >= 0.3 is 11.7 Å². The molecule has 0 radical (unpaired) electrons. The number of rotatable bonds is 5. The van der Waals surface area contributed by atoms with Gasteiger partial charge in [-0.2, -0.15) is 19.6 Å². The van der Waals surface area contributed by atoms with Crippen LogP contribution in [-0.2, 0) is 0 Å². The first kappa shape index (κ1) is 18.0. The van der Waals surface area contributed by atoms with Crippen molar-refractivity contribution in [1.82, 2.24) is 34.5 Å². The molecule has 3 N–H and O–H groups in total. The van der Waals surface area contributed by atoms with Crippen molar-refractivity contribution in [2.24, 2.45) is 4.99 Å². The number of imidazole rings is 1. The maximum atomic E-state index is 11.4. The molecule has 0 aliphatic heterocycles. The Morgan fingerprint density at radius 3 is 2.90 bits per heavy atom. The highest BCUT2D eigenvalue weighted by Crippen LogP contribution is 2.22. The first-order valence-electron chi connectivity index (χ1n) is 9.47. The molecule has 1 fully saturated rings.